The number of ether oxygens (including phenoxy) is 1. The molecule has 2 aromatic heterocycles. The molecule has 3 N–H and O–H groups in total. The highest BCUT2D eigenvalue weighted by molar-refractivity contribution is 5.73. The molecule has 0 aliphatic heterocycles. The Balaban J connectivity index is 0.000000295. The molecule has 2 rings (SSSR count). The van der Waals surface area contributed by atoms with Crippen LogP contribution in [0.4, 0.5) is 13.2 Å². The van der Waals surface area contributed by atoms with E-state index in [0.29, 0.717) is 17.6 Å². The molecule has 0 saturated carbocycles. The highest BCUT2D eigenvalue weighted by Crippen LogP contribution is 2.16. The average Bonchev–Trinajstić information content (AvgIpc) is 2.96. The maximum Gasteiger partial charge on any atom is 0.490 e. The fourth-order valence-corrected chi connectivity index (χ4v) is 1.09. The number of hydrogen-bond donors (Lipinski definition) is 2. The van der Waals surface area contributed by atoms with Crippen LogP contribution < -0.4 is 10.5 Å². The van der Waals surface area contributed by atoms with Crippen LogP contribution in [0.15, 0.2) is 22.9 Å². The number of carboxylic acids is 1. The number of halogens is 3. The minimum atomic E-state index is -5.08. The fourth-order valence-electron chi connectivity index (χ4n) is 1.09. The van der Waals surface area contributed by atoms with Crippen LogP contribution in [-0.4, -0.2) is 39.5 Å². The van der Waals surface area contributed by atoms with Crippen LogP contribution in [0.1, 0.15) is 5.89 Å². The van der Waals surface area contributed by atoms with Gasteiger partial charge in [-0.15, -0.1) is 0 Å². The highest BCUT2D eigenvalue weighted by Gasteiger charge is 2.38. The summed E-state index contributed by atoms with van der Waals surface area (Å²) in [6.45, 7) is 0.233. The quantitative estimate of drug-likeness (QED) is 0.865. The van der Waals surface area contributed by atoms with E-state index >= 15 is 0 Å². The lowest BCUT2D eigenvalue weighted by molar-refractivity contribution is -0.192. The zero-order chi connectivity index (χ0) is 16.8. The van der Waals surface area contributed by atoms with Crippen LogP contribution in [0.25, 0.3) is 11.4 Å². The van der Waals surface area contributed by atoms with Gasteiger partial charge in [0.1, 0.15) is 0 Å². The number of alkyl halides is 3. The monoisotopic (exact) mass is 320 g/mol. The van der Waals surface area contributed by atoms with Gasteiger partial charge in [-0.25, -0.2) is 9.78 Å². The van der Waals surface area contributed by atoms with Crippen molar-refractivity contribution in [2.24, 2.45) is 5.73 Å². The van der Waals surface area contributed by atoms with Crippen LogP contribution in [-0.2, 0) is 11.3 Å². The Morgan fingerprint density at radius 3 is 2.45 bits per heavy atom. The molecule has 0 aliphatic rings. The van der Waals surface area contributed by atoms with Gasteiger partial charge in [-0.3, -0.25) is 0 Å². The number of carboxylic acid groups (broad SMARTS) is 1. The van der Waals surface area contributed by atoms with Crippen LogP contribution in [0.2, 0.25) is 0 Å². The van der Waals surface area contributed by atoms with Crippen molar-refractivity contribution in [3.63, 3.8) is 0 Å². The molecular formula is C11H11F3N4O4. The predicted molar refractivity (Wildman–Crippen MR) is 65.7 cm³/mol. The Bertz CT molecular complexity index is 613. The molecule has 120 valence electrons. The van der Waals surface area contributed by atoms with Crippen molar-refractivity contribution in [1.82, 2.24) is 15.1 Å². The number of nitrogens with two attached hydrogens (primary N) is 1. The molecule has 22 heavy (non-hydrogen) atoms. The number of aromatic nitrogens is 3. The summed E-state index contributed by atoms with van der Waals surface area (Å²) in [6, 6.07) is 3.53. The Hall–Kier alpha value is -2.69. The van der Waals surface area contributed by atoms with E-state index in [2.05, 4.69) is 15.1 Å². The summed E-state index contributed by atoms with van der Waals surface area (Å²) >= 11 is 0. The van der Waals surface area contributed by atoms with Crippen LogP contribution in [0, 0.1) is 0 Å². The summed E-state index contributed by atoms with van der Waals surface area (Å²) in [5.74, 6) is -1.33. The zero-order valence-electron chi connectivity index (χ0n) is 11.2. The first kappa shape index (κ1) is 17.4. The predicted octanol–water partition coefficient (Wildman–Crippen LogP) is 1.23. The van der Waals surface area contributed by atoms with Crippen LogP contribution >= 0.6 is 0 Å². The Morgan fingerprint density at radius 2 is 2.09 bits per heavy atom. The summed E-state index contributed by atoms with van der Waals surface area (Å²) in [6.07, 6.45) is -3.47. The van der Waals surface area contributed by atoms with Crippen molar-refractivity contribution in [2.45, 2.75) is 12.7 Å². The van der Waals surface area contributed by atoms with E-state index in [4.69, 9.17) is 24.9 Å². The summed E-state index contributed by atoms with van der Waals surface area (Å²) < 4.78 is 41.6. The third kappa shape index (κ3) is 5.01. The van der Waals surface area contributed by atoms with Crippen molar-refractivity contribution in [3.05, 3.63) is 24.2 Å². The lowest BCUT2D eigenvalue weighted by Crippen LogP contribution is -2.21. The number of nitrogens with zero attached hydrogens (tertiary/aromatic N) is 3. The molecule has 0 saturated heterocycles. The van der Waals surface area contributed by atoms with Crippen molar-refractivity contribution in [3.8, 4) is 17.3 Å². The first-order valence-corrected chi connectivity index (χ1v) is 5.61. The van der Waals surface area contributed by atoms with Gasteiger partial charge in [-0.2, -0.15) is 18.2 Å². The Labute approximate surface area is 121 Å². The van der Waals surface area contributed by atoms with E-state index < -0.39 is 12.1 Å². The number of rotatable bonds is 3. The molecule has 0 aliphatic carbocycles. The van der Waals surface area contributed by atoms with E-state index in [1.807, 2.05) is 0 Å². The molecule has 0 atom stereocenters. The second-order valence-electron chi connectivity index (χ2n) is 3.61. The van der Waals surface area contributed by atoms with E-state index in [1.54, 1.807) is 25.4 Å². The molecule has 2 aromatic rings. The minimum absolute atomic E-state index is 0.233. The third-order valence-corrected chi connectivity index (χ3v) is 2.09. The Morgan fingerprint density at radius 1 is 1.45 bits per heavy atom. The largest absolute Gasteiger partial charge is 0.490 e. The van der Waals surface area contributed by atoms with Gasteiger partial charge >= 0.3 is 12.1 Å². The maximum absolute atomic E-state index is 10.6. The molecule has 8 nitrogen and oxygen atoms in total. The van der Waals surface area contributed by atoms with Gasteiger partial charge < -0.3 is 20.1 Å². The van der Waals surface area contributed by atoms with E-state index in [-0.39, 0.29) is 6.54 Å². The van der Waals surface area contributed by atoms with Gasteiger partial charge in [0.05, 0.1) is 13.7 Å². The van der Waals surface area contributed by atoms with Gasteiger partial charge in [0.2, 0.25) is 17.6 Å². The molecule has 0 spiro atoms. The normalized spacial score (nSPS) is 10.6. The lowest BCUT2D eigenvalue weighted by Gasteiger charge is -1.97. The summed E-state index contributed by atoms with van der Waals surface area (Å²) in [5.41, 5.74) is 6.12. The smallest absolute Gasteiger partial charge is 0.481 e. The second-order valence-corrected chi connectivity index (χ2v) is 3.61. The zero-order valence-corrected chi connectivity index (χ0v) is 11.2. The van der Waals surface area contributed by atoms with Crippen LogP contribution in [0.3, 0.4) is 0 Å². The topological polar surface area (TPSA) is 124 Å². The first-order valence-electron chi connectivity index (χ1n) is 5.61. The van der Waals surface area contributed by atoms with Crippen molar-refractivity contribution in [1.29, 1.82) is 0 Å². The minimum Gasteiger partial charge on any atom is -0.481 e. The number of aliphatic carboxylic acids is 1. The second kappa shape index (κ2) is 7.36. The number of pyridine rings is 1. The average molecular weight is 320 g/mol. The van der Waals surface area contributed by atoms with Gasteiger partial charge in [0, 0.05) is 17.8 Å². The van der Waals surface area contributed by atoms with Crippen molar-refractivity contribution in [2.75, 3.05) is 7.11 Å². The lowest BCUT2D eigenvalue weighted by atomic mass is 10.3. The summed E-state index contributed by atoms with van der Waals surface area (Å²) in [4.78, 5) is 17.0. The molecule has 0 unspecified atom stereocenters. The molecule has 0 radical (unpaired) electrons. The van der Waals surface area contributed by atoms with Crippen molar-refractivity contribution < 1.29 is 32.3 Å². The summed E-state index contributed by atoms with van der Waals surface area (Å²) in [7, 11) is 1.56. The van der Waals surface area contributed by atoms with Gasteiger partial charge in [-0.1, -0.05) is 5.16 Å². The highest BCUT2D eigenvalue weighted by atomic mass is 19.4. The number of methoxy groups -OCH3 is 1. The first-order chi connectivity index (χ1) is 10.3. The fraction of sp³-hybridized carbons (Fsp3) is 0.273. The number of hydrogen-bond acceptors (Lipinski definition) is 7. The molecule has 0 fully saturated rings. The summed E-state index contributed by atoms with van der Waals surface area (Å²) in [5, 5.41) is 10.9. The molecular weight excluding hydrogens is 309 g/mol. The van der Waals surface area contributed by atoms with E-state index in [1.165, 1.54) is 0 Å². The van der Waals surface area contributed by atoms with E-state index in [0.717, 1.165) is 5.56 Å². The molecule has 0 bridgehead atoms. The Kier molecular flexibility index (Phi) is 5.81. The van der Waals surface area contributed by atoms with Crippen LogP contribution in [0.5, 0.6) is 5.88 Å². The standard InChI is InChI=1S/C9H10N4O2.C2HF3O2/c1-14-7-3-2-6(5-11-7)9-12-8(4-10)15-13-9;3-2(4,5)1(6)7/h2-3,5H,4,10H2,1H3;(H,6,7). The molecule has 2 heterocycles. The van der Waals surface area contributed by atoms with Gasteiger partial charge in [-0.05, 0) is 6.07 Å². The SMILES string of the molecule is COc1ccc(-c2noc(CN)n2)cn1.O=C(O)C(F)(F)F. The maximum atomic E-state index is 10.6. The number of carbonyl (C=O) groups is 1. The molecule has 0 amide bonds. The van der Waals surface area contributed by atoms with E-state index in [9.17, 15) is 13.2 Å². The van der Waals surface area contributed by atoms with Crippen molar-refractivity contribution >= 4 is 5.97 Å². The van der Waals surface area contributed by atoms with Gasteiger partial charge in [0.15, 0.2) is 0 Å². The molecule has 0 aromatic carbocycles. The molecule has 11 heteroatoms. The van der Waals surface area contributed by atoms with Gasteiger partial charge in [0.25, 0.3) is 0 Å². The third-order valence-electron chi connectivity index (χ3n) is 2.09.